The summed E-state index contributed by atoms with van der Waals surface area (Å²) >= 11 is 5.87. The first-order valence-corrected chi connectivity index (χ1v) is 5.71. The molecule has 2 nitrogen and oxygen atoms in total. The number of rotatable bonds is 2. The molecule has 18 heavy (non-hydrogen) atoms. The number of anilines is 2. The van der Waals surface area contributed by atoms with Crippen molar-refractivity contribution >= 4 is 23.0 Å². The number of aryl methyl sites for hydroxylation is 1. The molecule has 2 aromatic rings. The standard InChI is InChI=1S/C14H10ClFN2/c1-9-6-11(15)2-4-13(9)18-14-5-3-12(16)7-10(14)8-17/h2-7,18H,1H3. The lowest BCUT2D eigenvalue weighted by Gasteiger charge is -2.11. The maximum atomic E-state index is 13.0. The van der Waals surface area contributed by atoms with Crippen LogP contribution in [0.4, 0.5) is 15.8 Å². The van der Waals surface area contributed by atoms with Crippen molar-refractivity contribution in [3.8, 4) is 6.07 Å². The van der Waals surface area contributed by atoms with Crippen LogP contribution in [0.1, 0.15) is 11.1 Å². The van der Waals surface area contributed by atoms with Crippen molar-refractivity contribution in [2.45, 2.75) is 6.92 Å². The van der Waals surface area contributed by atoms with E-state index in [1.165, 1.54) is 12.1 Å². The monoisotopic (exact) mass is 260 g/mol. The van der Waals surface area contributed by atoms with Crippen molar-refractivity contribution < 1.29 is 4.39 Å². The van der Waals surface area contributed by atoms with E-state index in [0.29, 0.717) is 10.7 Å². The Hall–Kier alpha value is -2.05. The van der Waals surface area contributed by atoms with E-state index in [4.69, 9.17) is 16.9 Å². The zero-order valence-electron chi connectivity index (χ0n) is 9.67. The summed E-state index contributed by atoms with van der Waals surface area (Å²) in [5.74, 6) is -0.426. The lowest BCUT2D eigenvalue weighted by molar-refractivity contribution is 0.627. The van der Waals surface area contributed by atoms with Gasteiger partial charge in [-0.25, -0.2) is 4.39 Å². The second-order valence-corrected chi connectivity index (χ2v) is 4.32. The predicted octanol–water partition coefficient (Wildman–Crippen LogP) is 4.40. The van der Waals surface area contributed by atoms with Crippen LogP contribution >= 0.6 is 11.6 Å². The Kier molecular flexibility index (Phi) is 3.50. The van der Waals surface area contributed by atoms with Gasteiger partial charge in [-0.05, 0) is 48.9 Å². The first kappa shape index (κ1) is 12.4. The molecule has 0 fully saturated rings. The normalized spacial score (nSPS) is 9.89. The fraction of sp³-hybridized carbons (Fsp3) is 0.0714. The van der Waals surface area contributed by atoms with Gasteiger partial charge in [-0.2, -0.15) is 5.26 Å². The first-order chi connectivity index (χ1) is 8.60. The van der Waals surface area contributed by atoms with Crippen LogP contribution in [-0.2, 0) is 0 Å². The number of hydrogen-bond donors (Lipinski definition) is 1. The summed E-state index contributed by atoms with van der Waals surface area (Å²) in [7, 11) is 0. The molecule has 0 aliphatic rings. The fourth-order valence-electron chi connectivity index (χ4n) is 1.63. The van der Waals surface area contributed by atoms with Crippen LogP contribution in [0.3, 0.4) is 0 Å². The number of nitrogens with one attached hydrogen (secondary N) is 1. The van der Waals surface area contributed by atoms with Gasteiger partial charge in [-0.1, -0.05) is 11.6 Å². The van der Waals surface area contributed by atoms with Crippen LogP contribution in [-0.4, -0.2) is 0 Å². The van der Waals surface area contributed by atoms with Crippen LogP contribution in [0.5, 0.6) is 0 Å². The number of hydrogen-bond acceptors (Lipinski definition) is 2. The van der Waals surface area contributed by atoms with Gasteiger partial charge in [0.2, 0.25) is 0 Å². The highest BCUT2D eigenvalue weighted by Gasteiger charge is 2.05. The highest BCUT2D eigenvalue weighted by Crippen LogP contribution is 2.25. The summed E-state index contributed by atoms with van der Waals surface area (Å²) in [6, 6.07) is 11.4. The molecule has 0 aromatic heterocycles. The maximum absolute atomic E-state index is 13.0. The summed E-state index contributed by atoms with van der Waals surface area (Å²) < 4.78 is 13.0. The minimum absolute atomic E-state index is 0.268. The molecule has 0 aliphatic carbocycles. The van der Waals surface area contributed by atoms with E-state index in [2.05, 4.69) is 5.32 Å². The SMILES string of the molecule is Cc1cc(Cl)ccc1Nc1ccc(F)cc1C#N. The molecule has 4 heteroatoms. The molecule has 0 saturated heterocycles. The molecule has 0 atom stereocenters. The van der Waals surface area contributed by atoms with Crippen molar-refractivity contribution in [1.82, 2.24) is 0 Å². The van der Waals surface area contributed by atoms with Gasteiger partial charge >= 0.3 is 0 Å². The van der Waals surface area contributed by atoms with Crippen LogP contribution in [0.15, 0.2) is 36.4 Å². The van der Waals surface area contributed by atoms with E-state index in [1.54, 1.807) is 12.1 Å². The molecular weight excluding hydrogens is 251 g/mol. The van der Waals surface area contributed by atoms with Gasteiger partial charge < -0.3 is 5.32 Å². The quantitative estimate of drug-likeness (QED) is 0.869. The minimum Gasteiger partial charge on any atom is -0.354 e. The fourth-order valence-corrected chi connectivity index (χ4v) is 1.86. The molecule has 0 saturated carbocycles. The van der Waals surface area contributed by atoms with Crippen molar-refractivity contribution in [1.29, 1.82) is 5.26 Å². The smallest absolute Gasteiger partial charge is 0.124 e. The lowest BCUT2D eigenvalue weighted by Crippen LogP contribution is -1.96. The van der Waals surface area contributed by atoms with E-state index < -0.39 is 5.82 Å². The lowest BCUT2D eigenvalue weighted by atomic mass is 10.1. The van der Waals surface area contributed by atoms with E-state index in [-0.39, 0.29) is 5.56 Å². The Labute approximate surface area is 110 Å². The van der Waals surface area contributed by atoms with Crippen molar-refractivity contribution in [2.75, 3.05) is 5.32 Å². The summed E-state index contributed by atoms with van der Waals surface area (Å²) in [5, 5.41) is 12.7. The summed E-state index contributed by atoms with van der Waals surface area (Å²) in [6.45, 7) is 1.91. The highest BCUT2D eigenvalue weighted by molar-refractivity contribution is 6.30. The molecule has 0 radical (unpaired) electrons. The van der Waals surface area contributed by atoms with E-state index >= 15 is 0 Å². The molecule has 90 valence electrons. The van der Waals surface area contributed by atoms with Crippen LogP contribution in [0.2, 0.25) is 5.02 Å². The maximum Gasteiger partial charge on any atom is 0.124 e. The second-order valence-electron chi connectivity index (χ2n) is 3.89. The number of nitriles is 1. The molecule has 0 heterocycles. The number of benzene rings is 2. The molecule has 2 rings (SSSR count). The summed E-state index contributed by atoms with van der Waals surface area (Å²) in [5.41, 5.74) is 2.63. The Morgan fingerprint density at radius 3 is 2.56 bits per heavy atom. The summed E-state index contributed by atoms with van der Waals surface area (Å²) in [4.78, 5) is 0. The molecular formula is C14H10ClFN2. The molecule has 0 unspecified atom stereocenters. The Balaban J connectivity index is 2.37. The number of nitrogens with zero attached hydrogens (tertiary/aromatic N) is 1. The molecule has 0 aliphatic heterocycles. The van der Waals surface area contributed by atoms with Crippen LogP contribution in [0.25, 0.3) is 0 Å². The third-order valence-corrected chi connectivity index (χ3v) is 2.79. The van der Waals surface area contributed by atoms with Gasteiger partial charge in [-0.3, -0.25) is 0 Å². The van der Waals surface area contributed by atoms with Crippen molar-refractivity contribution in [2.24, 2.45) is 0 Å². The number of halogens is 2. The van der Waals surface area contributed by atoms with Crippen LogP contribution < -0.4 is 5.32 Å². The van der Waals surface area contributed by atoms with Gasteiger partial charge in [0, 0.05) is 10.7 Å². The minimum atomic E-state index is -0.426. The Bertz CT molecular complexity index is 632. The van der Waals surface area contributed by atoms with Gasteiger partial charge in [-0.15, -0.1) is 0 Å². The van der Waals surface area contributed by atoms with E-state index in [9.17, 15) is 4.39 Å². The van der Waals surface area contributed by atoms with Gasteiger partial charge in [0.1, 0.15) is 11.9 Å². The molecule has 0 spiro atoms. The Morgan fingerprint density at radius 1 is 1.17 bits per heavy atom. The zero-order chi connectivity index (χ0) is 13.1. The molecule has 2 aromatic carbocycles. The highest BCUT2D eigenvalue weighted by atomic mass is 35.5. The second kappa shape index (κ2) is 5.07. The van der Waals surface area contributed by atoms with E-state index in [1.807, 2.05) is 25.1 Å². The summed E-state index contributed by atoms with van der Waals surface area (Å²) in [6.07, 6.45) is 0. The molecule has 0 amide bonds. The third kappa shape index (κ3) is 2.61. The van der Waals surface area contributed by atoms with Gasteiger partial charge in [0.05, 0.1) is 11.3 Å². The van der Waals surface area contributed by atoms with E-state index in [0.717, 1.165) is 11.3 Å². The third-order valence-electron chi connectivity index (χ3n) is 2.56. The average molecular weight is 261 g/mol. The van der Waals surface area contributed by atoms with Gasteiger partial charge in [0.25, 0.3) is 0 Å². The average Bonchev–Trinajstić information content (AvgIpc) is 2.34. The van der Waals surface area contributed by atoms with Crippen molar-refractivity contribution in [3.63, 3.8) is 0 Å². The predicted molar refractivity (Wildman–Crippen MR) is 70.6 cm³/mol. The first-order valence-electron chi connectivity index (χ1n) is 5.33. The molecule has 1 N–H and O–H groups in total. The zero-order valence-corrected chi connectivity index (χ0v) is 10.4. The largest absolute Gasteiger partial charge is 0.354 e. The topological polar surface area (TPSA) is 35.8 Å². The van der Waals surface area contributed by atoms with Crippen molar-refractivity contribution in [3.05, 3.63) is 58.4 Å². The van der Waals surface area contributed by atoms with Gasteiger partial charge in [0.15, 0.2) is 0 Å². The van der Waals surface area contributed by atoms with Crippen LogP contribution in [0, 0.1) is 24.1 Å². The Morgan fingerprint density at radius 2 is 1.89 bits per heavy atom. The molecule has 0 bridgehead atoms.